The minimum atomic E-state index is -0.639. The molecule has 104 heavy (non-hydrogen) atoms. The SMILES string of the molecule is CCC1(COc2ccc(C3(c4ccccc4)c4ccccc4-c4ccc(N(c5ccc(-c6ccccc6)cc5)c5ccc(-c6ccc(N(c7ccc(-c8ccccc8)cc7)c7ccc8c(c7)C(c7ccccc7)(c7ccc(OCC9(CC)COC9)cc7)c7ccccc7-8)cc6)cc5)cc43)cc2)COC1. The van der Waals surface area contributed by atoms with Gasteiger partial charge in [-0.15, -0.1) is 0 Å². The molecular formula is C98H80N2O4. The molecule has 2 fully saturated rings. The van der Waals surface area contributed by atoms with Crippen LogP contribution in [-0.4, -0.2) is 39.6 Å². The van der Waals surface area contributed by atoms with Gasteiger partial charge in [0.05, 0.1) is 61.3 Å². The molecule has 0 aromatic heterocycles. The molecule has 2 saturated heterocycles. The summed E-state index contributed by atoms with van der Waals surface area (Å²) in [4.78, 5) is 4.84. The first-order valence-corrected chi connectivity index (χ1v) is 36.7. The Labute approximate surface area is 610 Å². The normalized spacial score (nSPS) is 16.9. The van der Waals surface area contributed by atoms with Crippen molar-refractivity contribution in [2.24, 2.45) is 10.8 Å². The molecule has 0 saturated carbocycles. The summed E-state index contributed by atoms with van der Waals surface area (Å²) in [5.74, 6) is 1.73. The van der Waals surface area contributed by atoms with Gasteiger partial charge in [-0.1, -0.05) is 269 Å². The van der Waals surface area contributed by atoms with Gasteiger partial charge in [0, 0.05) is 34.1 Å². The highest BCUT2D eigenvalue weighted by Gasteiger charge is 2.49. The van der Waals surface area contributed by atoms with Gasteiger partial charge < -0.3 is 28.7 Å². The lowest BCUT2D eigenvalue weighted by Crippen LogP contribution is -2.46. The van der Waals surface area contributed by atoms with Crippen LogP contribution in [0.3, 0.4) is 0 Å². The molecule has 0 N–H and O–H groups in total. The molecular weight excluding hydrogens is 1270 g/mol. The lowest BCUT2D eigenvalue weighted by Gasteiger charge is -2.40. The first-order chi connectivity index (χ1) is 51.3. The lowest BCUT2D eigenvalue weighted by molar-refractivity contribution is -0.133. The molecule has 6 nitrogen and oxygen atoms in total. The van der Waals surface area contributed by atoms with Crippen molar-refractivity contribution in [3.63, 3.8) is 0 Å². The van der Waals surface area contributed by atoms with Crippen LogP contribution in [0.4, 0.5) is 34.1 Å². The third-order valence-electron chi connectivity index (χ3n) is 22.8. The van der Waals surface area contributed by atoms with E-state index in [4.69, 9.17) is 18.9 Å². The van der Waals surface area contributed by atoms with E-state index in [1.807, 2.05) is 0 Å². The van der Waals surface area contributed by atoms with Gasteiger partial charge in [0.15, 0.2) is 0 Å². The molecule has 18 rings (SSSR count). The zero-order chi connectivity index (χ0) is 69.7. The van der Waals surface area contributed by atoms with E-state index in [-0.39, 0.29) is 10.8 Å². The molecule has 2 atom stereocenters. The maximum atomic E-state index is 6.56. The van der Waals surface area contributed by atoms with Crippen LogP contribution in [-0.2, 0) is 20.3 Å². The van der Waals surface area contributed by atoms with E-state index in [0.717, 1.165) is 107 Å². The standard InChI is InChI=1S/C98H80N2O4/c1-3-95(63-101-64-95)67-103-85-55-41-77(42-56-85)97(75-25-13-7-14-26-75)91-31-19-17-29-87(91)89-59-53-83(61-93(89)97)99(79-45-33-71(34-46-79)69-21-9-5-10-22-69)81-49-37-73(38-50-81)74-39-51-82(52-40-74)100(80-47-35-72(36-48-80)70-23-11-6-12-24-70)84-54-60-90-88-30-18-20-32-92(88)98(94(90)62-84,76-27-15-8-16-28-76)78-43-57-86(58-44-78)104-68-96(4-2)65-102-66-96/h5-62H,3-4,63-68H2,1-2H3. The molecule has 14 aromatic carbocycles. The number of rotatable bonds is 21. The van der Waals surface area contributed by atoms with Crippen LogP contribution in [0.2, 0.25) is 0 Å². The van der Waals surface area contributed by atoms with Gasteiger partial charge in [-0.2, -0.15) is 0 Å². The Kier molecular flexibility index (Phi) is 16.6. The number of fused-ring (bicyclic) bond motifs is 6. The van der Waals surface area contributed by atoms with E-state index in [1.54, 1.807) is 0 Å². The van der Waals surface area contributed by atoms with Gasteiger partial charge in [-0.25, -0.2) is 0 Å². The van der Waals surface area contributed by atoms with Gasteiger partial charge in [0.25, 0.3) is 0 Å². The van der Waals surface area contributed by atoms with Crippen LogP contribution in [0, 0.1) is 10.8 Å². The Balaban J connectivity index is 0.724. The smallest absolute Gasteiger partial charge is 0.119 e. The van der Waals surface area contributed by atoms with E-state index in [2.05, 4.69) is 375 Å². The third kappa shape index (κ3) is 11.1. The molecule has 14 aromatic rings. The zero-order valence-electron chi connectivity index (χ0n) is 58.7. The van der Waals surface area contributed by atoms with Crippen LogP contribution in [0.1, 0.15) is 71.2 Å². The van der Waals surface area contributed by atoms with E-state index in [0.29, 0.717) is 13.2 Å². The van der Waals surface area contributed by atoms with Crippen molar-refractivity contribution in [3.05, 3.63) is 396 Å². The zero-order valence-corrected chi connectivity index (χ0v) is 58.7. The molecule has 0 amide bonds. The minimum Gasteiger partial charge on any atom is -0.493 e. The Morgan fingerprint density at radius 2 is 0.529 bits per heavy atom. The number of anilines is 6. The molecule has 0 bridgehead atoms. The highest BCUT2D eigenvalue weighted by atomic mass is 16.5. The van der Waals surface area contributed by atoms with E-state index in [1.165, 1.54) is 77.9 Å². The molecule has 2 heterocycles. The third-order valence-corrected chi connectivity index (χ3v) is 22.8. The van der Waals surface area contributed by atoms with Crippen molar-refractivity contribution < 1.29 is 18.9 Å². The molecule has 0 spiro atoms. The molecule has 2 aliphatic heterocycles. The average molecular weight is 1350 g/mol. The summed E-state index contributed by atoms with van der Waals surface area (Å²) < 4.78 is 24.5. The number of ether oxygens (including phenoxy) is 4. The summed E-state index contributed by atoms with van der Waals surface area (Å²) in [5.41, 5.74) is 26.8. The van der Waals surface area contributed by atoms with Gasteiger partial charge in [-0.05, 0) is 210 Å². The molecule has 6 heteroatoms. The summed E-state index contributed by atoms with van der Waals surface area (Å²) >= 11 is 0. The van der Waals surface area contributed by atoms with Crippen LogP contribution in [0.5, 0.6) is 11.5 Å². The Morgan fingerprint density at radius 1 is 0.260 bits per heavy atom. The predicted molar refractivity (Wildman–Crippen MR) is 425 cm³/mol. The first-order valence-electron chi connectivity index (χ1n) is 36.7. The Morgan fingerprint density at radius 3 is 0.837 bits per heavy atom. The van der Waals surface area contributed by atoms with E-state index >= 15 is 0 Å². The van der Waals surface area contributed by atoms with Gasteiger partial charge >= 0.3 is 0 Å². The van der Waals surface area contributed by atoms with E-state index in [9.17, 15) is 0 Å². The van der Waals surface area contributed by atoms with Crippen molar-refractivity contribution in [3.8, 4) is 67.1 Å². The quantitative estimate of drug-likeness (QED) is 0.0714. The fourth-order valence-corrected chi connectivity index (χ4v) is 16.8. The van der Waals surface area contributed by atoms with Crippen molar-refractivity contribution >= 4 is 34.1 Å². The number of hydrogen-bond acceptors (Lipinski definition) is 6. The second kappa shape index (κ2) is 26.9. The van der Waals surface area contributed by atoms with Crippen LogP contribution in [0.25, 0.3) is 55.6 Å². The molecule has 2 unspecified atom stereocenters. The molecule has 0 radical (unpaired) electrons. The number of benzene rings is 14. The van der Waals surface area contributed by atoms with Crippen LogP contribution in [0.15, 0.2) is 352 Å². The Hall–Kier alpha value is -11.8. The first kappa shape index (κ1) is 64.3. The van der Waals surface area contributed by atoms with Gasteiger partial charge in [-0.3, -0.25) is 0 Å². The van der Waals surface area contributed by atoms with Crippen molar-refractivity contribution in [1.82, 2.24) is 0 Å². The van der Waals surface area contributed by atoms with Crippen molar-refractivity contribution in [1.29, 1.82) is 0 Å². The maximum absolute atomic E-state index is 6.56. The van der Waals surface area contributed by atoms with Crippen LogP contribution < -0.4 is 19.3 Å². The van der Waals surface area contributed by atoms with Gasteiger partial charge in [0.1, 0.15) is 11.5 Å². The largest absolute Gasteiger partial charge is 0.493 e. The summed E-state index contributed by atoms with van der Waals surface area (Å²) in [6.45, 7) is 8.70. The second-order valence-electron chi connectivity index (χ2n) is 28.7. The molecule has 4 aliphatic rings. The van der Waals surface area contributed by atoms with E-state index < -0.39 is 10.8 Å². The second-order valence-corrected chi connectivity index (χ2v) is 28.7. The van der Waals surface area contributed by atoms with Crippen molar-refractivity contribution in [2.45, 2.75) is 37.5 Å². The minimum absolute atomic E-state index is 0.0689. The maximum Gasteiger partial charge on any atom is 0.119 e. The topological polar surface area (TPSA) is 43.4 Å². The fraction of sp³-hybridized carbons (Fsp3) is 0.143. The molecule has 2 aliphatic carbocycles. The van der Waals surface area contributed by atoms with Crippen LogP contribution >= 0.6 is 0 Å². The highest BCUT2D eigenvalue weighted by Crippen LogP contribution is 2.60. The number of hydrogen-bond donors (Lipinski definition) is 0. The highest BCUT2D eigenvalue weighted by molar-refractivity contribution is 5.92. The Bertz CT molecular complexity index is 5020. The summed E-state index contributed by atoms with van der Waals surface area (Å²) in [6, 6.07) is 130. The monoisotopic (exact) mass is 1350 g/mol. The van der Waals surface area contributed by atoms with Gasteiger partial charge in [0.2, 0.25) is 0 Å². The predicted octanol–water partition coefficient (Wildman–Crippen LogP) is 24.0. The molecule has 506 valence electrons. The number of nitrogens with zero attached hydrogens (tertiary/aromatic N) is 2. The van der Waals surface area contributed by atoms with Crippen molar-refractivity contribution in [2.75, 3.05) is 49.4 Å². The lowest BCUT2D eigenvalue weighted by atomic mass is 9.67. The summed E-state index contributed by atoms with van der Waals surface area (Å²) in [6.07, 6.45) is 2.04. The fourth-order valence-electron chi connectivity index (χ4n) is 16.8. The average Bonchev–Trinajstić information content (AvgIpc) is 1.53. The summed E-state index contributed by atoms with van der Waals surface area (Å²) in [5, 5.41) is 0. The summed E-state index contributed by atoms with van der Waals surface area (Å²) in [7, 11) is 0.